The minimum absolute atomic E-state index is 0.305. The molecule has 90 valence electrons. The minimum Gasteiger partial charge on any atom is -0.447 e. The standard InChI is InChI=1S/C14H15ClO2/c1-9-3-4-11(7-10(9)2)8-12(16)13-5-6-14(15)17-13/h3-7,12,16H,8H2,1-2H3. The summed E-state index contributed by atoms with van der Waals surface area (Å²) in [7, 11) is 0. The van der Waals surface area contributed by atoms with Gasteiger partial charge >= 0.3 is 0 Å². The maximum absolute atomic E-state index is 10.00. The summed E-state index contributed by atoms with van der Waals surface area (Å²) < 4.78 is 5.19. The first kappa shape index (κ1) is 12.2. The van der Waals surface area contributed by atoms with Crippen molar-refractivity contribution in [1.82, 2.24) is 0 Å². The highest BCUT2D eigenvalue weighted by Gasteiger charge is 2.13. The molecule has 1 atom stereocenters. The average Bonchev–Trinajstić information content (AvgIpc) is 2.70. The molecule has 0 saturated carbocycles. The molecule has 0 radical (unpaired) electrons. The fourth-order valence-corrected chi connectivity index (χ4v) is 1.91. The van der Waals surface area contributed by atoms with Crippen LogP contribution in [-0.4, -0.2) is 5.11 Å². The fourth-order valence-electron chi connectivity index (χ4n) is 1.76. The first-order valence-corrected chi connectivity index (χ1v) is 5.93. The van der Waals surface area contributed by atoms with Gasteiger partial charge in [-0.25, -0.2) is 0 Å². The quantitative estimate of drug-likeness (QED) is 0.898. The second-order valence-corrected chi connectivity index (χ2v) is 4.65. The van der Waals surface area contributed by atoms with Crippen LogP contribution in [0.3, 0.4) is 0 Å². The molecule has 1 unspecified atom stereocenters. The molecule has 0 aliphatic carbocycles. The third-order valence-corrected chi connectivity index (χ3v) is 3.13. The van der Waals surface area contributed by atoms with E-state index in [9.17, 15) is 5.11 Å². The molecule has 2 aromatic rings. The molecular formula is C14H15ClO2. The molecule has 0 spiro atoms. The molecule has 17 heavy (non-hydrogen) atoms. The molecular weight excluding hydrogens is 236 g/mol. The van der Waals surface area contributed by atoms with Crippen LogP contribution in [0.25, 0.3) is 0 Å². The maximum Gasteiger partial charge on any atom is 0.193 e. The summed E-state index contributed by atoms with van der Waals surface area (Å²) in [5.74, 6) is 0.508. The summed E-state index contributed by atoms with van der Waals surface area (Å²) in [6, 6.07) is 9.51. The van der Waals surface area contributed by atoms with Gasteiger partial charge in [-0.15, -0.1) is 0 Å². The summed E-state index contributed by atoms with van der Waals surface area (Å²) in [6.07, 6.45) is -0.116. The summed E-state index contributed by atoms with van der Waals surface area (Å²) in [5.41, 5.74) is 3.57. The van der Waals surface area contributed by atoms with Crippen molar-refractivity contribution in [3.63, 3.8) is 0 Å². The summed E-state index contributed by atoms with van der Waals surface area (Å²) in [4.78, 5) is 0. The predicted molar refractivity (Wildman–Crippen MR) is 68.3 cm³/mol. The summed E-state index contributed by atoms with van der Waals surface area (Å²) in [6.45, 7) is 4.14. The number of rotatable bonds is 3. The highest BCUT2D eigenvalue weighted by atomic mass is 35.5. The Morgan fingerprint density at radius 2 is 1.94 bits per heavy atom. The van der Waals surface area contributed by atoms with E-state index in [4.69, 9.17) is 16.0 Å². The van der Waals surface area contributed by atoms with E-state index in [1.165, 1.54) is 11.1 Å². The largest absolute Gasteiger partial charge is 0.447 e. The van der Waals surface area contributed by atoms with Crippen molar-refractivity contribution in [3.8, 4) is 0 Å². The number of aliphatic hydroxyl groups excluding tert-OH is 1. The Kier molecular flexibility index (Phi) is 3.55. The summed E-state index contributed by atoms with van der Waals surface area (Å²) >= 11 is 5.68. The highest BCUT2D eigenvalue weighted by molar-refractivity contribution is 6.28. The Bertz CT molecular complexity index is 517. The van der Waals surface area contributed by atoms with E-state index < -0.39 is 6.10 Å². The summed E-state index contributed by atoms with van der Waals surface area (Å²) in [5, 5.41) is 10.3. The van der Waals surface area contributed by atoms with Gasteiger partial charge in [0.2, 0.25) is 0 Å². The molecule has 0 aliphatic heterocycles. The number of aliphatic hydroxyl groups is 1. The number of hydrogen-bond acceptors (Lipinski definition) is 2. The molecule has 0 bridgehead atoms. The number of hydrogen-bond donors (Lipinski definition) is 1. The van der Waals surface area contributed by atoms with Crippen LogP contribution in [0.4, 0.5) is 0 Å². The van der Waals surface area contributed by atoms with Crippen LogP contribution in [0, 0.1) is 13.8 Å². The molecule has 3 heteroatoms. The van der Waals surface area contributed by atoms with Gasteiger partial charge in [0.1, 0.15) is 11.9 Å². The van der Waals surface area contributed by atoms with E-state index in [2.05, 4.69) is 26.0 Å². The van der Waals surface area contributed by atoms with E-state index >= 15 is 0 Å². The second kappa shape index (κ2) is 4.94. The Morgan fingerprint density at radius 1 is 1.18 bits per heavy atom. The van der Waals surface area contributed by atoms with E-state index in [1.807, 2.05) is 6.07 Å². The van der Waals surface area contributed by atoms with Crippen LogP contribution in [0.2, 0.25) is 5.22 Å². The topological polar surface area (TPSA) is 33.4 Å². The van der Waals surface area contributed by atoms with Gasteiger partial charge in [-0.05, 0) is 54.3 Å². The third kappa shape index (κ3) is 2.90. The van der Waals surface area contributed by atoms with Crippen molar-refractivity contribution >= 4 is 11.6 Å². The van der Waals surface area contributed by atoms with Gasteiger partial charge in [0.15, 0.2) is 5.22 Å². The van der Waals surface area contributed by atoms with Crippen LogP contribution in [0.1, 0.15) is 28.6 Å². The van der Waals surface area contributed by atoms with Crippen molar-refractivity contribution in [2.45, 2.75) is 26.4 Å². The van der Waals surface area contributed by atoms with Gasteiger partial charge in [-0.3, -0.25) is 0 Å². The zero-order valence-corrected chi connectivity index (χ0v) is 10.7. The fraction of sp³-hybridized carbons (Fsp3) is 0.286. The zero-order chi connectivity index (χ0) is 12.4. The predicted octanol–water partition coefficient (Wildman–Crippen LogP) is 3.83. The van der Waals surface area contributed by atoms with Gasteiger partial charge in [0.25, 0.3) is 0 Å². The smallest absolute Gasteiger partial charge is 0.193 e. The van der Waals surface area contributed by atoms with Crippen molar-refractivity contribution in [2.24, 2.45) is 0 Å². The number of halogens is 1. The van der Waals surface area contributed by atoms with Crippen LogP contribution in [-0.2, 0) is 6.42 Å². The Morgan fingerprint density at radius 3 is 2.53 bits per heavy atom. The maximum atomic E-state index is 10.00. The van der Waals surface area contributed by atoms with Crippen molar-refractivity contribution < 1.29 is 9.52 Å². The van der Waals surface area contributed by atoms with E-state index in [-0.39, 0.29) is 0 Å². The Hall–Kier alpha value is -1.25. The van der Waals surface area contributed by atoms with Gasteiger partial charge in [-0.2, -0.15) is 0 Å². The van der Waals surface area contributed by atoms with Crippen molar-refractivity contribution in [1.29, 1.82) is 0 Å². The van der Waals surface area contributed by atoms with Crippen LogP contribution in [0.5, 0.6) is 0 Å². The van der Waals surface area contributed by atoms with Gasteiger partial charge in [-0.1, -0.05) is 18.2 Å². The minimum atomic E-state index is -0.649. The molecule has 0 aliphatic rings. The number of furan rings is 1. The van der Waals surface area contributed by atoms with Crippen molar-refractivity contribution in [2.75, 3.05) is 0 Å². The Balaban J connectivity index is 2.12. The first-order valence-electron chi connectivity index (χ1n) is 5.55. The van der Waals surface area contributed by atoms with Gasteiger partial charge < -0.3 is 9.52 Å². The highest BCUT2D eigenvalue weighted by Crippen LogP contribution is 2.23. The van der Waals surface area contributed by atoms with Gasteiger partial charge in [0, 0.05) is 6.42 Å². The van der Waals surface area contributed by atoms with Crippen LogP contribution >= 0.6 is 11.6 Å². The molecule has 1 aromatic heterocycles. The van der Waals surface area contributed by atoms with E-state index in [0.717, 1.165) is 5.56 Å². The van der Waals surface area contributed by atoms with Gasteiger partial charge in [0.05, 0.1) is 0 Å². The van der Waals surface area contributed by atoms with E-state index in [0.29, 0.717) is 17.4 Å². The molecule has 0 amide bonds. The molecule has 1 N–H and O–H groups in total. The lowest BCUT2D eigenvalue weighted by Crippen LogP contribution is -2.00. The molecule has 0 saturated heterocycles. The van der Waals surface area contributed by atoms with Crippen LogP contribution in [0.15, 0.2) is 34.7 Å². The zero-order valence-electron chi connectivity index (χ0n) is 9.90. The lowest BCUT2D eigenvalue weighted by atomic mass is 10.0. The lowest BCUT2D eigenvalue weighted by Gasteiger charge is -2.09. The molecule has 2 rings (SSSR count). The molecule has 1 heterocycles. The average molecular weight is 251 g/mol. The molecule has 0 fully saturated rings. The normalized spacial score (nSPS) is 12.7. The second-order valence-electron chi connectivity index (χ2n) is 4.28. The first-order chi connectivity index (χ1) is 8.06. The van der Waals surface area contributed by atoms with Crippen LogP contribution < -0.4 is 0 Å². The monoisotopic (exact) mass is 250 g/mol. The molecule has 1 aromatic carbocycles. The van der Waals surface area contributed by atoms with Crippen molar-refractivity contribution in [3.05, 3.63) is 58.0 Å². The lowest BCUT2D eigenvalue weighted by molar-refractivity contribution is 0.150. The molecule has 2 nitrogen and oxygen atoms in total. The Labute approximate surface area is 106 Å². The van der Waals surface area contributed by atoms with E-state index in [1.54, 1.807) is 12.1 Å². The third-order valence-electron chi connectivity index (χ3n) is 2.92. The number of aryl methyl sites for hydroxylation is 2. The SMILES string of the molecule is Cc1ccc(CC(O)c2ccc(Cl)o2)cc1C. The number of benzene rings is 1.